The Balaban J connectivity index is 1.64. The molecule has 0 saturated heterocycles. The second kappa shape index (κ2) is 8.59. The van der Waals surface area contributed by atoms with E-state index in [0.29, 0.717) is 17.3 Å². The van der Waals surface area contributed by atoms with Gasteiger partial charge in [-0.3, -0.25) is 0 Å². The molecule has 2 heterocycles. The van der Waals surface area contributed by atoms with Crippen LogP contribution in [0.15, 0.2) is 56.8 Å². The summed E-state index contributed by atoms with van der Waals surface area (Å²) in [6, 6.07) is 13.4. The number of aryl methyl sites for hydroxylation is 1. The van der Waals surface area contributed by atoms with E-state index in [1.54, 1.807) is 24.9 Å². The van der Waals surface area contributed by atoms with E-state index in [4.69, 9.17) is 9.15 Å². The lowest BCUT2D eigenvalue weighted by Gasteiger charge is -2.13. The molecule has 160 valence electrons. The van der Waals surface area contributed by atoms with Gasteiger partial charge < -0.3 is 13.7 Å². The minimum atomic E-state index is -0.336. The van der Waals surface area contributed by atoms with E-state index >= 15 is 0 Å². The Morgan fingerprint density at radius 2 is 1.87 bits per heavy atom. The Morgan fingerprint density at radius 3 is 2.55 bits per heavy atom. The molecule has 6 nitrogen and oxygen atoms in total. The second-order valence-electron chi connectivity index (χ2n) is 7.83. The van der Waals surface area contributed by atoms with Gasteiger partial charge in [0.2, 0.25) is 0 Å². The quantitative estimate of drug-likeness (QED) is 0.301. The molecule has 0 spiro atoms. The Bertz CT molecular complexity index is 1290. The lowest BCUT2D eigenvalue weighted by molar-refractivity contribution is 0.415. The van der Waals surface area contributed by atoms with E-state index < -0.39 is 0 Å². The van der Waals surface area contributed by atoms with Crippen LogP contribution < -0.4 is 10.4 Å². The fraction of sp³-hybridized carbons (Fsp3) is 0.292. The fourth-order valence-corrected chi connectivity index (χ4v) is 4.61. The first kappa shape index (κ1) is 21.2. The lowest BCUT2D eigenvalue weighted by Crippen LogP contribution is -2.02. The second-order valence-corrected chi connectivity index (χ2v) is 8.78. The molecule has 0 radical (unpaired) electrons. The highest BCUT2D eigenvalue weighted by Gasteiger charge is 2.15. The van der Waals surface area contributed by atoms with Gasteiger partial charge in [0.25, 0.3) is 0 Å². The highest BCUT2D eigenvalue weighted by Crippen LogP contribution is 2.31. The molecule has 7 heteroatoms. The molecule has 4 aromatic rings. The predicted octanol–water partition coefficient (Wildman–Crippen LogP) is 5.32. The molecule has 0 aliphatic carbocycles. The van der Waals surface area contributed by atoms with E-state index in [1.165, 1.54) is 5.56 Å². The summed E-state index contributed by atoms with van der Waals surface area (Å²) in [4.78, 5) is 12.1. The largest absolute Gasteiger partial charge is 0.497 e. The average molecular weight is 436 g/mol. The molecule has 31 heavy (non-hydrogen) atoms. The van der Waals surface area contributed by atoms with Crippen LogP contribution in [0.4, 0.5) is 0 Å². The smallest absolute Gasteiger partial charge is 0.336 e. The maximum absolute atomic E-state index is 12.1. The third-order valence-corrected chi connectivity index (χ3v) is 6.45. The molecule has 2 aromatic heterocycles. The molecule has 0 aliphatic rings. The number of ether oxygens (including phenoxy) is 1. The van der Waals surface area contributed by atoms with E-state index in [9.17, 15) is 4.79 Å². The van der Waals surface area contributed by atoms with Gasteiger partial charge in [-0.2, -0.15) is 0 Å². The molecule has 0 fully saturated rings. The Labute approximate surface area is 185 Å². The van der Waals surface area contributed by atoms with Crippen LogP contribution in [0.1, 0.15) is 36.5 Å². The number of methoxy groups -OCH3 is 1. The molecule has 0 amide bonds. The van der Waals surface area contributed by atoms with Gasteiger partial charge in [-0.15, -0.1) is 10.2 Å². The molecule has 0 N–H and O–H groups in total. The minimum Gasteiger partial charge on any atom is -0.497 e. The summed E-state index contributed by atoms with van der Waals surface area (Å²) in [5.41, 5.74) is 4.58. The molecule has 0 aliphatic heterocycles. The minimum absolute atomic E-state index is 0.336. The molecular formula is C24H25N3O3S. The number of nitrogens with zero attached hydrogens (tertiary/aromatic N) is 3. The normalized spacial score (nSPS) is 11.4. The van der Waals surface area contributed by atoms with Crippen molar-refractivity contribution < 1.29 is 9.15 Å². The van der Waals surface area contributed by atoms with E-state index in [1.807, 2.05) is 41.9 Å². The first-order chi connectivity index (χ1) is 14.9. The number of rotatable bonds is 6. The van der Waals surface area contributed by atoms with Crippen molar-refractivity contribution in [3.05, 3.63) is 69.6 Å². The van der Waals surface area contributed by atoms with Crippen molar-refractivity contribution in [2.75, 3.05) is 7.11 Å². The van der Waals surface area contributed by atoms with Gasteiger partial charge in [0.1, 0.15) is 11.3 Å². The van der Waals surface area contributed by atoms with Gasteiger partial charge in [0.05, 0.1) is 7.11 Å². The molecule has 2 aromatic carbocycles. The van der Waals surface area contributed by atoms with Crippen LogP contribution in [0.5, 0.6) is 5.75 Å². The van der Waals surface area contributed by atoms with Crippen molar-refractivity contribution in [3.8, 4) is 17.1 Å². The van der Waals surface area contributed by atoms with Crippen LogP contribution in [0, 0.1) is 6.92 Å². The summed E-state index contributed by atoms with van der Waals surface area (Å²) in [7, 11) is 3.59. The van der Waals surface area contributed by atoms with Crippen molar-refractivity contribution in [1.29, 1.82) is 0 Å². The van der Waals surface area contributed by atoms with Gasteiger partial charge in [-0.25, -0.2) is 4.79 Å². The highest BCUT2D eigenvalue weighted by atomic mass is 32.2. The Kier molecular flexibility index (Phi) is 5.87. The monoisotopic (exact) mass is 435 g/mol. The summed E-state index contributed by atoms with van der Waals surface area (Å²) >= 11 is 1.55. The van der Waals surface area contributed by atoms with Crippen molar-refractivity contribution >= 4 is 22.7 Å². The zero-order chi connectivity index (χ0) is 22.1. The number of benzene rings is 2. The Morgan fingerprint density at radius 1 is 1.13 bits per heavy atom. The van der Waals surface area contributed by atoms with Gasteiger partial charge >= 0.3 is 5.63 Å². The zero-order valence-electron chi connectivity index (χ0n) is 18.3. The fourth-order valence-electron chi connectivity index (χ4n) is 3.71. The molecule has 0 bridgehead atoms. The number of aromatic nitrogens is 3. The SMILES string of the molecule is COc1ccc(-c2nnc(SCc3cc(=O)oc4cc(C)c(C(C)C)cc34)n2C)cc1. The van der Waals surface area contributed by atoms with Crippen LogP contribution in [0.3, 0.4) is 0 Å². The van der Waals surface area contributed by atoms with Gasteiger partial charge in [0, 0.05) is 29.8 Å². The first-order valence-corrected chi connectivity index (χ1v) is 11.1. The summed E-state index contributed by atoms with van der Waals surface area (Å²) in [5.74, 6) is 2.56. The number of fused-ring (bicyclic) bond motifs is 1. The highest BCUT2D eigenvalue weighted by molar-refractivity contribution is 7.98. The topological polar surface area (TPSA) is 70.2 Å². The number of hydrogen-bond donors (Lipinski definition) is 0. The number of hydrogen-bond acceptors (Lipinski definition) is 6. The molecule has 0 atom stereocenters. The van der Waals surface area contributed by atoms with Gasteiger partial charge in [-0.05, 0) is 65.9 Å². The molecular weight excluding hydrogens is 410 g/mol. The van der Waals surface area contributed by atoms with Crippen molar-refractivity contribution in [3.63, 3.8) is 0 Å². The van der Waals surface area contributed by atoms with E-state index in [2.05, 4.69) is 37.0 Å². The third kappa shape index (κ3) is 4.23. The average Bonchev–Trinajstić information content (AvgIpc) is 3.11. The molecule has 4 rings (SSSR count). The molecule has 0 saturated carbocycles. The van der Waals surface area contributed by atoms with Gasteiger partial charge in [0.15, 0.2) is 11.0 Å². The third-order valence-electron chi connectivity index (χ3n) is 5.38. The van der Waals surface area contributed by atoms with Crippen LogP contribution in [-0.4, -0.2) is 21.9 Å². The van der Waals surface area contributed by atoms with E-state index in [0.717, 1.165) is 38.8 Å². The first-order valence-electron chi connectivity index (χ1n) is 10.1. The molecule has 0 unspecified atom stereocenters. The van der Waals surface area contributed by atoms with Crippen molar-refractivity contribution in [1.82, 2.24) is 14.8 Å². The maximum atomic E-state index is 12.1. The summed E-state index contributed by atoms with van der Waals surface area (Å²) < 4.78 is 12.7. The predicted molar refractivity (Wildman–Crippen MR) is 124 cm³/mol. The zero-order valence-corrected chi connectivity index (χ0v) is 19.1. The van der Waals surface area contributed by atoms with Crippen LogP contribution in [-0.2, 0) is 12.8 Å². The van der Waals surface area contributed by atoms with Crippen LogP contribution >= 0.6 is 11.8 Å². The van der Waals surface area contributed by atoms with E-state index in [-0.39, 0.29) is 5.63 Å². The van der Waals surface area contributed by atoms with Crippen LogP contribution in [0.25, 0.3) is 22.4 Å². The number of thioether (sulfide) groups is 1. The summed E-state index contributed by atoms with van der Waals surface area (Å²) in [5, 5.41) is 10.5. The maximum Gasteiger partial charge on any atom is 0.336 e. The summed E-state index contributed by atoms with van der Waals surface area (Å²) in [6.07, 6.45) is 0. The standard InChI is InChI=1S/C24H25N3O3S/c1-14(2)19-12-20-17(11-22(28)30-21(20)10-15(19)3)13-31-24-26-25-23(27(24)4)16-6-8-18(29-5)9-7-16/h6-12,14H,13H2,1-5H3. The van der Waals surface area contributed by atoms with Crippen molar-refractivity contribution in [2.24, 2.45) is 7.05 Å². The Hall–Kier alpha value is -3.06. The van der Waals surface area contributed by atoms with Crippen molar-refractivity contribution in [2.45, 2.75) is 37.6 Å². The van der Waals surface area contributed by atoms with Gasteiger partial charge in [-0.1, -0.05) is 25.6 Å². The summed E-state index contributed by atoms with van der Waals surface area (Å²) in [6.45, 7) is 6.39. The lowest BCUT2D eigenvalue weighted by atomic mass is 9.95. The van der Waals surface area contributed by atoms with Crippen LogP contribution in [0.2, 0.25) is 0 Å².